The van der Waals surface area contributed by atoms with Crippen LogP contribution in [0.15, 0.2) is 30.3 Å². The highest BCUT2D eigenvalue weighted by atomic mass is 32.2. The lowest BCUT2D eigenvalue weighted by Gasteiger charge is -2.36. The second-order valence-corrected chi connectivity index (χ2v) is 8.42. The quantitative estimate of drug-likeness (QED) is 0.454. The van der Waals surface area contributed by atoms with Crippen molar-refractivity contribution in [1.29, 1.82) is 5.26 Å². The highest BCUT2D eigenvalue weighted by molar-refractivity contribution is 7.99. The maximum atomic E-state index is 12.4. The standard InChI is InChI=1S/C18H25N5O2S.C2HF3O2/c19-10-16-12-26-14-22(16)18(24)11-23(20)15-6-8-21(9-7-15)13-25-17-4-2-1-3-5-17;3-2(4,5)1(6)7/h1-5,15-16H,6-9,11-14,20H2;(H,6,7)/t16-;/m1./s1. The van der Waals surface area contributed by atoms with Gasteiger partial charge in [0, 0.05) is 24.9 Å². The Morgan fingerprint density at radius 1 is 1.27 bits per heavy atom. The van der Waals surface area contributed by atoms with E-state index in [0.717, 1.165) is 31.7 Å². The third-order valence-electron chi connectivity index (χ3n) is 5.10. The smallest absolute Gasteiger partial charge is 0.478 e. The predicted octanol–water partition coefficient (Wildman–Crippen LogP) is 1.72. The van der Waals surface area contributed by atoms with Gasteiger partial charge in [-0.2, -0.15) is 18.4 Å². The van der Waals surface area contributed by atoms with E-state index in [1.54, 1.807) is 21.7 Å². The normalized spacial score (nSPS) is 19.5. The van der Waals surface area contributed by atoms with Crippen molar-refractivity contribution in [2.45, 2.75) is 31.1 Å². The zero-order valence-corrected chi connectivity index (χ0v) is 18.6. The van der Waals surface area contributed by atoms with Crippen LogP contribution in [0.25, 0.3) is 0 Å². The topological polar surface area (TPSA) is 123 Å². The molecular formula is C20H26F3N5O4S. The lowest BCUT2D eigenvalue weighted by molar-refractivity contribution is -0.192. The number of hydrogen-bond donors (Lipinski definition) is 2. The van der Waals surface area contributed by atoms with Gasteiger partial charge in [0.2, 0.25) is 5.91 Å². The zero-order valence-electron chi connectivity index (χ0n) is 17.8. The van der Waals surface area contributed by atoms with Gasteiger partial charge in [0.1, 0.15) is 18.5 Å². The van der Waals surface area contributed by atoms with Crippen molar-refractivity contribution in [1.82, 2.24) is 14.8 Å². The number of para-hydroxylation sites is 1. The first-order chi connectivity index (χ1) is 15.6. The molecular weight excluding hydrogens is 463 g/mol. The summed E-state index contributed by atoms with van der Waals surface area (Å²) >= 11 is 1.61. The lowest BCUT2D eigenvalue weighted by Crippen LogP contribution is -2.52. The number of carbonyl (C=O) groups excluding carboxylic acids is 1. The number of halogens is 3. The predicted molar refractivity (Wildman–Crippen MR) is 115 cm³/mol. The Hall–Kier alpha value is -2.53. The highest BCUT2D eigenvalue weighted by Gasteiger charge is 2.38. The molecule has 182 valence electrons. The number of carboxylic acid groups (broad SMARTS) is 1. The van der Waals surface area contributed by atoms with E-state index >= 15 is 0 Å². The van der Waals surface area contributed by atoms with Gasteiger partial charge in [-0.1, -0.05) is 18.2 Å². The number of nitrogens with zero attached hydrogens (tertiary/aromatic N) is 4. The van der Waals surface area contributed by atoms with E-state index in [1.165, 1.54) is 0 Å². The molecule has 0 aliphatic carbocycles. The fraction of sp³-hybridized carbons (Fsp3) is 0.550. The molecule has 0 unspecified atom stereocenters. The van der Waals surface area contributed by atoms with E-state index in [9.17, 15) is 18.0 Å². The molecule has 0 aromatic heterocycles. The Morgan fingerprint density at radius 2 is 1.88 bits per heavy atom. The van der Waals surface area contributed by atoms with Gasteiger partial charge in [-0.3, -0.25) is 15.5 Å². The molecule has 1 aromatic rings. The van der Waals surface area contributed by atoms with Crippen LogP contribution in [0.3, 0.4) is 0 Å². The van der Waals surface area contributed by atoms with E-state index < -0.39 is 12.1 Å². The first-order valence-corrected chi connectivity index (χ1v) is 11.3. The van der Waals surface area contributed by atoms with E-state index in [-0.39, 0.29) is 24.5 Å². The minimum atomic E-state index is -5.08. The minimum Gasteiger partial charge on any atom is -0.478 e. The molecule has 0 bridgehead atoms. The van der Waals surface area contributed by atoms with Crippen LogP contribution >= 0.6 is 11.8 Å². The average molecular weight is 490 g/mol. The maximum Gasteiger partial charge on any atom is 0.490 e. The van der Waals surface area contributed by atoms with Gasteiger partial charge in [0.25, 0.3) is 0 Å². The summed E-state index contributed by atoms with van der Waals surface area (Å²) in [4.78, 5) is 25.2. The number of amides is 1. The average Bonchev–Trinajstić information content (AvgIpc) is 3.27. The number of hydrogen-bond acceptors (Lipinski definition) is 8. The van der Waals surface area contributed by atoms with Crippen molar-refractivity contribution in [2.24, 2.45) is 5.84 Å². The molecule has 9 nitrogen and oxygen atoms in total. The maximum absolute atomic E-state index is 12.4. The van der Waals surface area contributed by atoms with Gasteiger partial charge in [-0.25, -0.2) is 9.80 Å². The first-order valence-electron chi connectivity index (χ1n) is 10.1. The van der Waals surface area contributed by atoms with Crippen molar-refractivity contribution >= 4 is 23.6 Å². The van der Waals surface area contributed by atoms with Crippen LogP contribution in [0.2, 0.25) is 0 Å². The summed E-state index contributed by atoms with van der Waals surface area (Å²) in [5.74, 6) is 5.49. The Morgan fingerprint density at radius 3 is 2.42 bits per heavy atom. The molecule has 0 saturated carbocycles. The molecule has 2 saturated heterocycles. The Balaban J connectivity index is 0.000000479. The van der Waals surface area contributed by atoms with Crippen molar-refractivity contribution in [2.75, 3.05) is 38.0 Å². The van der Waals surface area contributed by atoms with Gasteiger partial charge >= 0.3 is 12.1 Å². The van der Waals surface area contributed by atoms with Crippen LogP contribution in [0.1, 0.15) is 12.8 Å². The molecule has 3 N–H and O–H groups in total. The lowest BCUT2D eigenvalue weighted by atomic mass is 10.0. The van der Waals surface area contributed by atoms with Crippen LogP contribution in [-0.2, 0) is 9.59 Å². The number of alkyl halides is 3. The molecule has 33 heavy (non-hydrogen) atoms. The SMILES string of the molecule is N#C[C@@H]1CSCN1C(=O)CN(N)C1CCN(COc2ccccc2)CC1.O=C(O)C(F)(F)F. The Bertz CT molecular complexity index is 816. The number of thioether (sulfide) groups is 1. The third-order valence-corrected chi connectivity index (χ3v) is 6.11. The van der Waals surface area contributed by atoms with Crippen molar-refractivity contribution in [3.05, 3.63) is 30.3 Å². The van der Waals surface area contributed by atoms with Crippen molar-refractivity contribution in [3.8, 4) is 11.8 Å². The summed E-state index contributed by atoms with van der Waals surface area (Å²) in [6.45, 7) is 2.51. The molecule has 1 aromatic carbocycles. The number of nitrogens with two attached hydrogens (primary N) is 1. The van der Waals surface area contributed by atoms with E-state index in [0.29, 0.717) is 18.4 Å². The van der Waals surface area contributed by atoms with Gasteiger partial charge in [-0.05, 0) is 25.0 Å². The van der Waals surface area contributed by atoms with Crippen LogP contribution in [-0.4, -0.2) is 88.0 Å². The van der Waals surface area contributed by atoms with Crippen LogP contribution in [0, 0.1) is 11.3 Å². The molecule has 0 spiro atoms. The number of rotatable bonds is 6. The molecule has 0 radical (unpaired) electrons. The fourth-order valence-electron chi connectivity index (χ4n) is 3.23. The fourth-order valence-corrected chi connectivity index (χ4v) is 4.34. The Kier molecular flexibility index (Phi) is 10.2. The summed E-state index contributed by atoms with van der Waals surface area (Å²) in [6, 6.07) is 11.8. The van der Waals surface area contributed by atoms with Crippen molar-refractivity contribution < 1.29 is 32.6 Å². The monoisotopic (exact) mass is 489 g/mol. The number of likely N-dealkylation sites (tertiary alicyclic amines) is 1. The van der Waals surface area contributed by atoms with E-state index in [1.807, 2.05) is 30.3 Å². The molecule has 2 aliphatic rings. The summed E-state index contributed by atoms with van der Waals surface area (Å²) in [5.41, 5.74) is 0. The number of ether oxygens (including phenoxy) is 1. The Labute approximate surface area is 193 Å². The summed E-state index contributed by atoms with van der Waals surface area (Å²) in [6.07, 6.45) is -3.28. The molecule has 13 heteroatoms. The highest BCUT2D eigenvalue weighted by Crippen LogP contribution is 2.21. The second kappa shape index (κ2) is 12.6. The molecule has 1 amide bonds. The largest absolute Gasteiger partial charge is 0.490 e. The number of hydrazine groups is 1. The van der Waals surface area contributed by atoms with Crippen LogP contribution < -0.4 is 10.6 Å². The molecule has 1 atom stereocenters. The van der Waals surface area contributed by atoms with E-state index in [4.69, 9.17) is 25.7 Å². The summed E-state index contributed by atoms with van der Waals surface area (Å²) in [7, 11) is 0. The molecule has 2 aliphatic heterocycles. The van der Waals surface area contributed by atoms with E-state index in [2.05, 4.69) is 11.0 Å². The number of carbonyl (C=O) groups is 2. The van der Waals surface area contributed by atoms with Crippen LogP contribution in [0.4, 0.5) is 13.2 Å². The number of carboxylic acids is 1. The number of nitriles is 1. The van der Waals surface area contributed by atoms with Crippen LogP contribution in [0.5, 0.6) is 5.75 Å². The number of benzene rings is 1. The third kappa shape index (κ3) is 8.73. The van der Waals surface area contributed by atoms with Crippen molar-refractivity contribution in [3.63, 3.8) is 0 Å². The minimum absolute atomic E-state index is 0.0566. The number of piperidine rings is 1. The molecule has 2 heterocycles. The van der Waals surface area contributed by atoms with Gasteiger partial charge in [-0.15, -0.1) is 11.8 Å². The van der Waals surface area contributed by atoms with Gasteiger partial charge < -0.3 is 14.7 Å². The summed E-state index contributed by atoms with van der Waals surface area (Å²) in [5, 5.41) is 17.9. The molecule has 3 rings (SSSR count). The van der Waals surface area contributed by atoms with Gasteiger partial charge in [0.05, 0.1) is 18.5 Å². The summed E-state index contributed by atoms with van der Waals surface area (Å²) < 4.78 is 37.5. The van der Waals surface area contributed by atoms with Gasteiger partial charge in [0.15, 0.2) is 0 Å². The molecule has 2 fully saturated rings. The zero-order chi connectivity index (χ0) is 24.4. The first kappa shape index (κ1) is 26.7. The number of aliphatic carboxylic acids is 1. The second-order valence-electron chi connectivity index (χ2n) is 7.42.